The van der Waals surface area contributed by atoms with Crippen molar-refractivity contribution in [1.82, 2.24) is 10.3 Å². The molecule has 0 unspecified atom stereocenters. The van der Waals surface area contributed by atoms with Crippen molar-refractivity contribution in [2.24, 2.45) is 0 Å². The summed E-state index contributed by atoms with van der Waals surface area (Å²) in [5, 5.41) is 10.2. The number of hydrogen-bond donors (Lipinski definition) is 2. The van der Waals surface area contributed by atoms with E-state index in [1.165, 1.54) is 0 Å². The molecule has 2 aromatic heterocycles. The first-order valence-electron chi connectivity index (χ1n) is 9.04. The molecule has 3 heterocycles. The summed E-state index contributed by atoms with van der Waals surface area (Å²) >= 11 is 1.57. The highest BCUT2D eigenvalue weighted by Gasteiger charge is 2.38. The van der Waals surface area contributed by atoms with Crippen LogP contribution in [0.3, 0.4) is 0 Å². The topological polar surface area (TPSA) is 71.1 Å². The van der Waals surface area contributed by atoms with Gasteiger partial charge in [0.05, 0.1) is 0 Å². The molecule has 1 aliphatic carbocycles. The third kappa shape index (κ3) is 3.32. The second-order valence-electron chi connectivity index (χ2n) is 7.00. The third-order valence-corrected chi connectivity index (χ3v) is 5.75. The minimum Gasteiger partial charge on any atom is -0.362 e. The average molecular weight is 379 g/mol. The Morgan fingerprint density at radius 3 is 2.81 bits per heavy atom. The lowest BCUT2D eigenvalue weighted by Crippen LogP contribution is -2.35. The number of nitrogens with one attached hydrogen (secondary N) is 2. The number of nitrogens with zero attached hydrogens (tertiary/aromatic N) is 1. The fraction of sp³-hybridized carbons (Fsp3) is 0.286. The van der Waals surface area contributed by atoms with E-state index in [0.29, 0.717) is 17.8 Å². The molecule has 6 heteroatoms. The van der Waals surface area contributed by atoms with Gasteiger partial charge < -0.3 is 10.6 Å². The molecule has 0 aromatic carbocycles. The lowest BCUT2D eigenvalue weighted by atomic mass is 9.75. The second kappa shape index (κ2) is 7.12. The summed E-state index contributed by atoms with van der Waals surface area (Å²) in [5.74, 6) is 0.0825. The number of allylic oxidation sites excluding steroid dienone is 3. The minimum absolute atomic E-state index is 0.131. The maximum Gasteiger partial charge on any atom is 0.255 e. The van der Waals surface area contributed by atoms with Crippen molar-refractivity contribution in [3.05, 3.63) is 68.8 Å². The van der Waals surface area contributed by atoms with Gasteiger partial charge in [-0.15, -0.1) is 0 Å². The van der Waals surface area contributed by atoms with Crippen LogP contribution < -0.4 is 10.6 Å². The fourth-order valence-electron chi connectivity index (χ4n) is 3.78. The van der Waals surface area contributed by atoms with Gasteiger partial charge >= 0.3 is 0 Å². The first-order valence-corrected chi connectivity index (χ1v) is 9.99. The number of thiophene rings is 1. The van der Waals surface area contributed by atoms with E-state index in [0.717, 1.165) is 40.9 Å². The van der Waals surface area contributed by atoms with Crippen LogP contribution in [-0.2, 0) is 9.59 Å². The van der Waals surface area contributed by atoms with Crippen LogP contribution in [-0.4, -0.2) is 16.7 Å². The molecule has 2 aliphatic rings. The maximum absolute atomic E-state index is 13.2. The molecule has 0 fully saturated rings. The van der Waals surface area contributed by atoms with E-state index in [9.17, 15) is 9.59 Å². The van der Waals surface area contributed by atoms with E-state index in [-0.39, 0.29) is 17.6 Å². The largest absolute Gasteiger partial charge is 0.362 e. The monoisotopic (exact) mass is 379 g/mol. The molecule has 4 rings (SSSR count). The molecule has 0 radical (unpaired) electrons. The van der Waals surface area contributed by atoms with E-state index >= 15 is 0 Å². The Kier molecular flexibility index (Phi) is 4.66. The number of Topliss-reactive ketones (excluding diaryl/α,β-unsaturated/α-hetero) is 1. The number of aryl methyl sites for hydroxylation is 1. The normalized spacial score (nSPS) is 19.6. The number of amides is 1. The van der Waals surface area contributed by atoms with Gasteiger partial charge in [-0.25, -0.2) is 4.98 Å². The van der Waals surface area contributed by atoms with Crippen molar-refractivity contribution in [2.75, 3.05) is 5.32 Å². The molecular formula is C21H21N3O2S. The first-order chi connectivity index (χ1) is 13.0. The number of ketones is 1. The number of hydrogen-bond acceptors (Lipinski definition) is 5. The van der Waals surface area contributed by atoms with Crippen LogP contribution in [0.2, 0.25) is 0 Å². The molecule has 2 N–H and O–H groups in total. The lowest BCUT2D eigenvalue weighted by Gasteiger charge is -2.34. The Bertz CT molecular complexity index is 956. The van der Waals surface area contributed by atoms with Gasteiger partial charge in [-0.1, -0.05) is 6.07 Å². The van der Waals surface area contributed by atoms with Crippen LogP contribution in [0, 0.1) is 6.92 Å². The van der Waals surface area contributed by atoms with E-state index in [4.69, 9.17) is 0 Å². The van der Waals surface area contributed by atoms with Crippen LogP contribution in [0.1, 0.15) is 43.2 Å². The zero-order valence-electron chi connectivity index (χ0n) is 15.3. The van der Waals surface area contributed by atoms with Crippen molar-refractivity contribution in [1.29, 1.82) is 0 Å². The van der Waals surface area contributed by atoms with E-state index < -0.39 is 0 Å². The zero-order valence-corrected chi connectivity index (χ0v) is 16.2. The average Bonchev–Trinajstić information content (AvgIpc) is 3.17. The van der Waals surface area contributed by atoms with Gasteiger partial charge in [0.2, 0.25) is 0 Å². The predicted molar refractivity (Wildman–Crippen MR) is 106 cm³/mol. The standard InChI is InChI=1S/C21H21N3O2S/c1-12-6-7-17(22-10-12)24-21(26)18-13(2)23-15-4-3-5-16(25)20(15)19(18)14-8-9-27-11-14/h6-11,19,23H,3-5H2,1-2H3,(H,22,24,26)/t19-/m1/s1. The highest BCUT2D eigenvalue weighted by atomic mass is 32.1. The molecule has 0 spiro atoms. The Hall–Kier alpha value is -2.73. The summed E-state index contributed by atoms with van der Waals surface area (Å²) in [7, 11) is 0. The number of carbonyl (C=O) groups is 2. The zero-order chi connectivity index (χ0) is 19.0. The molecular weight excluding hydrogens is 358 g/mol. The van der Waals surface area contributed by atoms with Crippen LogP contribution in [0.5, 0.6) is 0 Å². The number of dihydropyridines is 1. The van der Waals surface area contributed by atoms with Gasteiger partial charge in [0.15, 0.2) is 5.78 Å². The summed E-state index contributed by atoms with van der Waals surface area (Å²) in [6.45, 7) is 3.85. The van der Waals surface area contributed by atoms with Crippen molar-refractivity contribution in [3.63, 3.8) is 0 Å². The van der Waals surface area contributed by atoms with Gasteiger partial charge in [-0.05, 0) is 60.7 Å². The Morgan fingerprint density at radius 2 is 2.11 bits per heavy atom. The summed E-state index contributed by atoms with van der Waals surface area (Å²) < 4.78 is 0. The van der Waals surface area contributed by atoms with Crippen molar-refractivity contribution >= 4 is 28.8 Å². The van der Waals surface area contributed by atoms with Crippen LogP contribution >= 0.6 is 11.3 Å². The third-order valence-electron chi connectivity index (χ3n) is 5.05. The Morgan fingerprint density at radius 1 is 1.26 bits per heavy atom. The van der Waals surface area contributed by atoms with Crippen LogP contribution in [0.15, 0.2) is 57.7 Å². The smallest absolute Gasteiger partial charge is 0.255 e. The molecule has 0 saturated carbocycles. The highest BCUT2D eigenvalue weighted by molar-refractivity contribution is 7.08. The number of rotatable bonds is 3. The van der Waals surface area contributed by atoms with Crippen LogP contribution in [0.25, 0.3) is 0 Å². The molecule has 0 bridgehead atoms. The van der Waals surface area contributed by atoms with E-state index in [1.54, 1.807) is 23.6 Å². The molecule has 1 aliphatic heterocycles. The van der Waals surface area contributed by atoms with E-state index in [2.05, 4.69) is 15.6 Å². The second-order valence-corrected chi connectivity index (χ2v) is 7.78. The van der Waals surface area contributed by atoms with Crippen molar-refractivity contribution < 1.29 is 9.59 Å². The molecule has 1 amide bonds. The number of aromatic nitrogens is 1. The number of anilines is 1. The SMILES string of the molecule is CC1=C(C(=O)Nc2ccc(C)cn2)[C@@H](c2ccsc2)C2=C(CCCC2=O)N1. The maximum atomic E-state index is 13.2. The van der Waals surface area contributed by atoms with Gasteiger partial charge in [0.1, 0.15) is 5.82 Å². The molecule has 27 heavy (non-hydrogen) atoms. The van der Waals surface area contributed by atoms with Gasteiger partial charge in [-0.3, -0.25) is 9.59 Å². The molecule has 1 atom stereocenters. The van der Waals surface area contributed by atoms with Crippen LogP contribution in [0.4, 0.5) is 5.82 Å². The molecule has 138 valence electrons. The molecule has 2 aromatic rings. The minimum atomic E-state index is -0.328. The lowest BCUT2D eigenvalue weighted by molar-refractivity contribution is -0.116. The quantitative estimate of drug-likeness (QED) is 0.844. The summed E-state index contributed by atoms with van der Waals surface area (Å²) in [6, 6.07) is 5.69. The summed E-state index contributed by atoms with van der Waals surface area (Å²) in [5.41, 5.74) is 5.11. The highest BCUT2D eigenvalue weighted by Crippen LogP contribution is 2.42. The predicted octanol–water partition coefficient (Wildman–Crippen LogP) is 4.06. The first kappa shape index (κ1) is 17.7. The van der Waals surface area contributed by atoms with Gasteiger partial charge in [0.25, 0.3) is 5.91 Å². The fourth-order valence-corrected chi connectivity index (χ4v) is 4.47. The van der Waals surface area contributed by atoms with Gasteiger partial charge in [-0.2, -0.15) is 11.3 Å². The van der Waals surface area contributed by atoms with E-state index in [1.807, 2.05) is 36.7 Å². The van der Waals surface area contributed by atoms with Gasteiger partial charge in [0, 0.05) is 41.1 Å². The van der Waals surface area contributed by atoms with Crippen molar-refractivity contribution in [3.8, 4) is 0 Å². The number of carbonyl (C=O) groups excluding carboxylic acids is 2. The van der Waals surface area contributed by atoms with Crippen molar-refractivity contribution in [2.45, 2.75) is 39.0 Å². The summed E-state index contributed by atoms with van der Waals surface area (Å²) in [4.78, 5) is 30.2. The summed E-state index contributed by atoms with van der Waals surface area (Å²) in [6.07, 6.45) is 3.95. The molecule has 0 saturated heterocycles. The number of pyridine rings is 1. The Balaban J connectivity index is 1.74. The molecule has 5 nitrogen and oxygen atoms in total. The Labute approximate surface area is 162 Å².